The van der Waals surface area contributed by atoms with E-state index >= 15 is 0 Å². The molecule has 0 aromatic heterocycles. The van der Waals surface area contributed by atoms with Gasteiger partial charge in [0.05, 0.1) is 18.8 Å². The summed E-state index contributed by atoms with van der Waals surface area (Å²) in [7, 11) is 0. The van der Waals surface area contributed by atoms with E-state index in [1.54, 1.807) is 29.3 Å². The molecule has 1 fully saturated rings. The Hall–Kier alpha value is -1.75. The molecule has 92 valence electrons. The quantitative estimate of drug-likeness (QED) is 0.812. The molecule has 2 N–H and O–H groups in total. The van der Waals surface area contributed by atoms with Crippen LogP contribution in [0.2, 0.25) is 0 Å². The van der Waals surface area contributed by atoms with Crippen molar-refractivity contribution in [3.63, 3.8) is 0 Å². The van der Waals surface area contributed by atoms with Crippen LogP contribution in [0.5, 0.6) is 5.75 Å². The number of benzene rings is 1. The molecule has 0 unspecified atom stereocenters. The van der Waals surface area contributed by atoms with Crippen molar-refractivity contribution >= 4 is 11.6 Å². The van der Waals surface area contributed by atoms with Gasteiger partial charge in [0.25, 0.3) is 0 Å². The van der Waals surface area contributed by atoms with Crippen molar-refractivity contribution in [3.8, 4) is 5.75 Å². The first kappa shape index (κ1) is 11.7. The lowest BCUT2D eigenvalue weighted by Gasteiger charge is -2.39. The molecule has 0 aliphatic carbocycles. The molecule has 0 atom stereocenters. The van der Waals surface area contributed by atoms with Crippen LogP contribution in [0.15, 0.2) is 24.3 Å². The van der Waals surface area contributed by atoms with E-state index in [1.807, 2.05) is 5.01 Å². The van der Waals surface area contributed by atoms with Gasteiger partial charge in [-0.2, -0.15) is 0 Å². The number of aromatic hydroxyl groups is 1. The van der Waals surface area contributed by atoms with E-state index in [2.05, 4.69) is 0 Å². The highest BCUT2D eigenvalue weighted by atomic mass is 16.3. The number of hydrogen-bond acceptors (Lipinski definition) is 4. The second-order valence-electron chi connectivity index (χ2n) is 3.98. The lowest BCUT2D eigenvalue weighted by atomic mass is 10.2. The van der Waals surface area contributed by atoms with E-state index in [-0.39, 0.29) is 18.3 Å². The highest BCUT2D eigenvalue weighted by molar-refractivity contribution is 5.79. The van der Waals surface area contributed by atoms with Crippen molar-refractivity contribution in [1.82, 2.24) is 5.01 Å². The van der Waals surface area contributed by atoms with Gasteiger partial charge in [0.1, 0.15) is 5.75 Å². The van der Waals surface area contributed by atoms with Crippen LogP contribution in [-0.4, -0.2) is 40.8 Å². The minimum Gasteiger partial charge on any atom is -0.508 e. The second kappa shape index (κ2) is 5.05. The minimum atomic E-state index is -0.0552. The van der Waals surface area contributed by atoms with E-state index in [4.69, 9.17) is 5.11 Å². The van der Waals surface area contributed by atoms with Crippen LogP contribution in [0.3, 0.4) is 0 Å². The zero-order chi connectivity index (χ0) is 12.3. The number of nitrogens with zero attached hydrogens (tertiary/aromatic N) is 2. The first-order valence-electron chi connectivity index (χ1n) is 5.70. The van der Waals surface area contributed by atoms with Gasteiger partial charge in [0, 0.05) is 13.0 Å². The largest absolute Gasteiger partial charge is 0.508 e. The van der Waals surface area contributed by atoms with Crippen LogP contribution >= 0.6 is 0 Å². The number of rotatable bonds is 3. The van der Waals surface area contributed by atoms with E-state index in [0.29, 0.717) is 13.0 Å². The molecule has 1 aromatic rings. The Labute approximate surface area is 99.9 Å². The van der Waals surface area contributed by atoms with Crippen LogP contribution in [0.1, 0.15) is 12.8 Å². The fourth-order valence-corrected chi connectivity index (χ4v) is 2.00. The maximum Gasteiger partial charge on any atom is 0.241 e. The van der Waals surface area contributed by atoms with Gasteiger partial charge in [-0.15, -0.1) is 0 Å². The molecule has 0 bridgehead atoms. The summed E-state index contributed by atoms with van der Waals surface area (Å²) in [6.45, 7) is 0.997. The maximum atomic E-state index is 11.8. The van der Waals surface area contributed by atoms with Gasteiger partial charge in [-0.1, -0.05) is 0 Å². The summed E-state index contributed by atoms with van der Waals surface area (Å²) in [6.07, 6.45) is 1.33. The Morgan fingerprint density at radius 3 is 2.59 bits per heavy atom. The fraction of sp³-hybridized carbons (Fsp3) is 0.417. The number of phenolic OH excluding ortho intramolecular Hbond substituents is 1. The highest BCUT2D eigenvalue weighted by Gasteiger charge is 2.25. The SMILES string of the molecule is O=C1CCCN(c2ccc(O)cc2)N1CCO. The molecule has 1 amide bonds. The number of phenols is 1. The van der Waals surface area contributed by atoms with Crippen molar-refractivity contribution in [2.75, 3.05) is 24.7 Å². The fourth-order valence-electron chi connectivity index (χ4n) is 2.00. The van der Waals surface area contributed by atoms with Gasteiger partial charge in [-0.25, -0.2) is 0 Å². The Kier molecular flexibility index (Phi) is 3.49. The molecule has 1 aliphatic rings. The molecular weight excluding hydrogens is 220 g/mol. The third-order valence-electron chi connectivity index (χ3n) is 2.80. The van der Waals surface area contributed by atoms with Crippen molar-refractivity contribution in [2.24, 2.45) is 0 Å². The van der Waals surface area contributed by atoms with Gasteiger partial charge in [-0.3, -0.25) is 14.8 Å². The number of anilines is 1. The van der Waals surface area contributed by atoms with Gasteiger partial charge in [0.2, 0.25) is 5.91 Å². The van der Waals surface area contributed by atoms with Crippen LogP contribution in [0.25, 0.3) is 0 Å². The molecule has 17 heavy (non-hydrogen) atoms. The molecule has 5 heteroatoms. The molecule has 1 saturated heterocycles. The Morgan fingerprint density at radius 2 is 1.94 bits per heavy atom. The molecule has 1 heterocycles. The Morgan fingerprint density at radius 1 is 1.24 bits per heavy atom. The number of β-amino-alcohol motifs (C(OH)–C–C–N with tert-alkyl or cyclic N) is 1. The minimum absolute atomic E-state index is 0.0263. The molecule has 0 radical (unpaired) electrons. The molecule has 0 saturated carbocycles. The number of hydrogen-bond donors (Lipinski definition) is 2. The average molecular weight is 236 g/mol. The molecule has 1 aromatic carbocycles. The summed E-state index contributed by atoms with van der Waals surface area (Å²) >= 11 is 0. The topological polar surface area (TPSA) is 64.0 Å². The lowest BCUT2D eigenvalue weighted by molar-refractivity contribution is -0.134. The van der Waals surface area contributed by atoms with E-state index < -0.39 is 0 Å². The average Bonchev–Trinajstić information content (AvgIpc) is 2.33. The van der Waals surface area contributed by atoms with Gasteiger partial charge >= 0.3 is 0 Å². The smallest absolute Gasteiger partial charge is 0.241 e. The van der Waals surface area contributed by atoms with Crippen molar-refractivity contribution in [3.05, 3.63) is 24.3 Å². The normalized spacial score (nSPS) is 16.4. The number of amides is 1. The second-order valence-corrected chi connectivity index (χ2v) is 3.98. The molecular formula is C12H16N2O3. The van der Waals surface area contributed by atoms with E-state index in [1.165, 1.54) is 0 Å². The van der Waals surface area contributed by atoms with Gasteiger partial charge in [0.15, 0.2) is 0 Å². The summed E-state index contributed by atoms with van der Waals surface area (Å²) < 4.78 is 0. The molecule has 5 nitrogen and oxygen atoms in total. The van der Waals surface area contributed by atoms with Crippen molar-refractivity contribution in [1.29, 1.82) is 0 Å². The van der Waals surface area contributed by atoms with Crippen molar-refractivity contribution in [2.45, 2.75) is 12.8 Å². The number of aliphatic hydroxyl groups excluding tert-OH is 1. The summed E-state index contributed by atoms with van der Waals surface area (Å²) in [5.74, 6) is 0.226. The summed E-state index contributed by atoms with van der Waals surface area (Å²) in [6, 6.07) is 6.70. The van der Waals surface area contributed by atoms with Crippen LogP contribution in [0.4, 0.5) is 5.69 Å². The number of carbonyl (C=O) groups is 1. The Bertz CT molecular complexity index is 391. The molecule has 2 rings (SSSR count). The zero-order valence-corrected chi connectivity index (χ0v) is 9.54. The van der Waals surface area contributed by atoms with E-state index in [9.17, 15) is 9.90 Å². The Balaban J connectivity index is 2.21. The van der Waals surface area contributed by atoms with E-state index in [0.717, 1.165) is 18.7 Å². The first-order chi connectivity index (χ1) is 8.22. The van der Waals surface area contributed by atoms with Crippen LogP contribution < -0.4 is 5.01 Å². The van der Waals surface area contributed by atoms with Crippen LogP contribution in [-0.2, 0) is 4.79 Å². The van der Waals surface area contributed by atoms with Gasteiger partial charge < -0.3 is 10.2 Å². The number of hydrazine groups is 1. The summed E-state index contributed by atoms with van der Waals surface area (Å²) in [4.78, 5) is 11.8. The third kappa shape index (κ3) is 2.50. The highest BCUT2D eigenvalue weighted by Crippen LogP contribution is 2.23. The number of carbonyl (C=O) groups excluding carboxylic acids is 1. The van der Waals surface area contributed by atoms with Crippen molar-refractivity contribution < 1.29 is 15.0 Å². The van der Waals surface area contributed by atoms with Gasteiger partial charge in [-0.05, 0) is 30.7 Å². The standard InChI is InChI=1S/C12H16N2O3/c15-9-8-14-12(17)2-1-7-13(14)10-3-5-11(16)6-4-10/h3-6,15-16H,1-2,7-9H2. The van der Waals surface area contributed by atoms with Crippen LogP contribution in [0, 0.1) is 0 Å². The number of aliphatic hydroxyl groups is 1. The molecule has 0 spiro atoms. The first-order valence-corrected chi connectivity index (χ1v) is 5.70. The summed E-state index contributed by atoms with van der Waals surface area (Å²) in [5, 5.41) is 21.6. The molecule has 1 aliphatic heterocycles. The monoisotopic (exact) mass is 236 g/mol. The predicted molar refractivity (Wildman–Crippen MR) is 63.5 cm³/mol. The third-order valence-corrected chi connectivity index (χ3v) is 2.80. The summed E-state index contributed by atoms with van der Waals surface area (Å²) in [5.41, 5.74) is 0.851. The predicted octanol–water partition coefficient (Wildman–Crippen LogP) is 0.728. The zero-order valence-electron chi connectivity index (χ0n) is 9.54. The lowest BCUT2D eigenvalue weighted by Crippen LogP contribution is -2.51. The maximum absolute atomic E-state index is 11.8.